The lowest BCUT2D eigenvalue weighted by atomic mass is 9.96. The monoisotopic (exact) mass is 414 g/mol. The highest BCUT2D eigenvalue weighted by molar-refractivity contribution is 5.14. The molecule has 0 spiro atoms. The predicted octanol–water partition coefficient (Wildman–Crippen LogP) is 4.59. The van der Waals surface area contributed by atoms with Gasteiger partial charge in [-0.2, -0.15) is 0 Å². The summed E-state index contributed by atoms with van der Waals surface area (Å²) in [6.45, 7) is 5.13. The molecule has 5 nitrogen and oxygen atoms in total. The van der Waals surface area contributed by atoms with Crippen LogP contribution in [0.3, 0.4) is 0 Å². The lowest BCUT2D eigenvalue weighted by Crippen LogP contribution is -2.38. The molecule has 2 aromatic carbocycles. The minimum Gasteiger partial charge on any atom is -0.377 e. The Morgan fingerprint density at radius 3 is 2.17 bits per heavy atom. The Kier molecular flexibility index (Phi) is 9.80. The number of rotatable bonds is 15. The fraction of sp³-hybridized carbons (Fsp3) is 0.520. The molecule has 1 aliphatic heterocycles. The molecule has 1 heterocycles. The molecular formula is C25H34O5. The highest BCUT2D eigenvalue weighted by Crippen LogP contribution is 2.27. The molecule has 0 N–H and O–H groups in total. The Hall–Kier alpha value is -1.76. The predicted molar refractivity (Wildman–Crippen MR) is 116 cm³/mol. The average Bonchev–Trinajstić information content (AvgIpc) is 3.62. The quantitative estimate of drug-likeness (QED) is 0.242. The fourth-order valence-electron chi connectivity index (χ4n) is 3.48. The molecule has 1 fully saturated rings. The SMILES string of the molecule is COCO[C@@H]([C@H]1CO1)[C@@H](C[C@H](C)CCOCc1ccccc1)OCc1ccccc1. The maximum absolute atomic E-state index is 6.33. The summed E-state index contributed by atoms with van der Waals surface area (Å²) in [6.07, 6.45) is 1.76. The van der Waals surface area contributed by atoms with Crippen LogP contribution in [0.1, 0.15) is 30.9 Å². The summed E-state index contributed by atoms with van der Waals surface area (Å²) in [5, 5.41) is 0. The van der Waals surface area contributed by atoms with Gasteiger partial charge in [-0.15, -0.1) is 0 Å². The summed E-state index contributed by atoms with van der Waals surface area (Å²) in [4.78, 5) is 0. The van der Waals surface area contributed by atoms with Crippen LogP contribution in [0.2, 0.25) is 0 Å². The number of hydrogen-bond donors (Lipinski definition) is 0. The van der Waals surface area contributed by atoms with Crippen molar-refractivity contribution < 1.29 is 23.7 Å². The van der Waals surface area contributed by atoms with E-state index in [1.54, 1.807) is 7.11 Å². The van der Waals surface area contributed by atoms with Crippen molar-refractivity contribution in [3.63, 3.8) is 0 Å². The van der Waals surface area contributed by atoms with E-state index in [2.05, 4.69) is 31.2 Å². The van der Waals surface area contributed by atoms with Gasteiger partial charge in [-0.05, 0) is 29.9 Å². The van der Waals surface area contributed by atoms with E-state index in [9.17, 15) is 0 Å². The van der Waals surface area contributed by atoms with Gasteiger partial charge in [0.2, 0.25) is 0 Å². The van der Waals surface area contributed by atoms with Gasteiger partial charge < -0.3 is 23.7 Å². The molecule has 0 unspecified atom stereocenters. The molecule has 1 saturated heterocycles. The normalized spacial score (nSPS) is 18.7. The van der Waals surface area contributed by atoms with Gasteiger partial charge in [-0.25, -0.2) is 0 Å². The summed E-state index contributed by atoms with van der Waals surface area (Å²) in [5.41, 5.74) is 2.36. The van der Waals surface area contributed by atoms with Crippen LogP contribution in [0.25, 0.3) is 0 Å². The van der Waals surface area contributed by atoms with Gasteiger partial charge in [-0.1, -0.05) is 67.6 Å². The first-order chi connectivity index (χ1) is 14.8. The van der Waals surface area contributed by atoms with E-state index < -0.39 is 0 Å². The Morgan fingerprint density at radius 2 is 1.57 bits per heavy atom. The molecular weight excluding hydrogens is 380 g/mol. The van der Waals surface area contributed by atoms with Gasteiger partial charge in [0.1, 0.15) is 19.0 Å². The summed E-state index contributed by atoms with van der Waals surface area (Å²) < 4.78 is 28.8. The van der Waals surface area contributed by atoms with Crippen LogP contribution in [-0.2, 0) is 36.9 Å². The van der Waals surface area contributed by atoms with Crippen LogP contribution in [-0.4, -0.2) is 45.4 Å². The topological polar surface area (TPSA) is 49.5 Å². The fourth-order valence-corrected chi connectivity index (χ4v) is 3.48. The van der Waals surface area contributed by atoms with E-state index in [1.807, 2.05) is 36.4 Å². The summed E-state index contributed by atoms with van der Waals surface area (Å²) in [6, 6.07) is 20.5. The van der Waals surface area contributed by atoms with Crippen molar-refractivity contribution in [2.75, 3.05) is 27.1 Å². The van der Waals surface area contributed by atoms with Crippen LogP contribution in [0.15, 0.2) is 60.7 Å². The number of ether oxygens (including phenoxy) is 5. The van der Waals surface area contributed by atoms with Crippen molar-refractivity contribution in [2.45, 2.75) is 51.3 Å². The Morgan fingerprint density at radius 1 is 0.933 bits per heavy atom. The number of epoxide rings is 1. The first kappa shape index (κ1) is 22.9. The Bertz CT molecular complexity index is 689. The van der Waals surface area contributed by atoms with E-state index in [0.717, 1.165) is 25.0 Å². The summed E-state index contributed by atoms with van der Waals surface area (Å²) in [5.74, 6) is 0.439. The van der Waals surface area contributed by atoms with Crippen molar-refractivity contribution in [1.82, 2.24) is 0 Å². The molecule has 0 saturated carbocycles. The number of benzene rings is 2. The van der Waals surface area contributed by atoms with Crippen molar-refractivity contribution in [3.05, 3.63) is 71.8 Å². The van der Waals surface area contributed by atoms with E-state index in [0.29, 0.717) is 25.7 Å². The Labute approximate surface area is 180 Å². The van der Waals surface area contributed by atoms with Gasteiger partial charge in [0.25, 0.3) is 0 Å². The van der Waals surface area contributed by atoms with Gasteiger partial charge >= 0.3 is 0 Å². The van der Waals surface area contributed by atoms with Crippen molar-refractivity contribution >= 4 is 0 Å². The molecule has 30 heavy (non-hydrogen) atoms. The largest absolute Gasteiger partial charge is 0.377 e. The van der Waals surface area contributed by atoms with Gasteiger partial charge in [0.15, 0.2) is 0 Å². The van der Waals surface area contributed by atoms with Gasteiger partial charge in [-0.3, -0.25) is 0 Å². The van der Waals surface area contributed by atoms with Crippen LogP contribution < -0.4 is 0 Å². The molecule has 1 aliphatic rings. The van der Waals surface area contributed by atoms with E-state index in [-0.39, 0.29) is 25.1 Å². The average molecular weight is 415 g/mol. The smallest absolute Gasteiger partial charge is 0.146 e. The second kappa shape index (κ2) is 12.8. The van der Waals surface area contributed by atoms with Crippen LogP contribution in [0, 0.1) is 5.92 Å². The van der Waals surface area contributed by atoms with Gasteiger partial charge in [0, 0.05) is 13.7 Å². The molecule has 2 aromatic rings. The number of methoxy groups -OCH3 is 1. The third kappa shape index (κ3) is 8.17. The molecule has 0 radical (unpaired) electrons. The van der Waals surface area contributed by atoms with Crippen molar-refractivity contribution in [2.24, 2.45) is 5.92 Å². The van der Waals surface area contributed by atoms with Crippen LogP contribution in [0.4, 0.5) is 0 Å². The molecule has 164 valence electrons. The van der Waals surface area contributed by atoms with E-state index in [4.69, 9.17) is 23.7 Å². The van der Waals surface area contributed by atoms with Gasteiger partial charge in [0.05, 0.1) is 25.9 Å². The third-order valence-corrected chi connectivity index (χ3v) is 5.28. The first-order valence-corrected chi connectivity index (χ1v) is 10.8. The minimum atomic E-state index is -0.124. The third-order valence-electron chi connectivity index (χ3n) is 5.28. The second-order valence-corrected chi connectivity index (χ2v) is 7.91. The zero-order valence-electron chi connectivity index (χ0n) is 18.1. The Balaban J connectivity index is 1.49. The number of hydrogen-bond acceptors (Lipinski definition) is 5. The standard InChI is InChI=1S/C25H34O5/c1-20(13-14-27-16-21-9-5-3-6-10-21)15-23(25(24-18-29-24)30-19-26-2)28-17-22-11-7-4-8-12-22/h3-12,20,23-25H,13-19H2,1-2H3/t20-,23-,24-,25-/m1/s1. The van der Waals surface area contributed by atoms with Crippen molar-refractivity contribution in [1.29, 1.82) is 0 Å². The molecule has 0 bridgehead atoms. The molecule has 4 atom stereocenters. The zero-order chi connectivity index (χ0) is 21.0. The zero-order valence-corrected chi connectivity index (χ0v) is 18.1. The highest BCUT2D eigenvalue weighted by atomic mass is 16.7. The molecule has 3 rings (SSSR count). The molecule has 0 aliphatic carbocycles. The summed E-state index contributed by atoms with van der Waals surface area (Å²) >= 11 is 0. The van der Waals surface area contributed by atoms with Crippen molar-refractivity contribution in [3.8, 4) is 0 Å². The maximum atomic E-state index is 6.33. The van der Waals surface area contributed by atoms with Crippen LogP contribution >= 0.6 is 0 Å². The van der Waals surface area contributed by atoms with Crippen LogP contribution in [0.5, 0.6) is 0 Å². The minimum absolute atomic E-state index is 0.0584. The maximum Gasteiger partial charge on any atom is 0.146 e. The lowest BCUT2D eigenvalue weighted by Gasteiger charge is -2.28. The first-order valence-electron chi connectivity index (χ1n) is 10.8. The molecule has 0 amide bonds. The second-order valence-electron chi connectivity index (χ2n) is 7.91. The molecule has 5 heteroatoms. The van der Waals surface area contributed by atoms with E-state index >= 15 is 0 Å². The van der Waals surface area contributed by atoms with E-state index in [1.165, 1.54) is 5.56 Å². The molecule has 0 aromatic heterocycles. The summed E-state index contributed by atoms with van der Waals surface area (Å²) in [7, 11) is 1.64. The highest BCUT2D eigenvalue weighted by Gasteiger charge is 2.40. The lowest BCUT2D eigenvalue weighted by molar-refractivity contribution is -0.143.